The van der Waals surface area contributed by atoms with Crippen molar-refractivity contribution < 1.29 is 14.3 Å². The lowest BCUT2D eigenvalue weighted by atomic mass is 9.90. The number of nitrogens with zero attached hydrogens (tertiary/aromatic N) is 5. The second-order valence-electron chi connectivity index (χ2n) is 6.57. The normalized spacial score (nSPS) is 15.1. The summed E-state index contributed by atoms with van der Waals surface area (Å²) in [5, 5.41) is 0. The fourth-order valence-corrected chi connectivity index (χ4v) is 3.25. The maximum absolute atomic E-state index is 12.6. The molecule has 1 aliphatic rings. The van der Waals surface area contributed by atoms with Crippen LogP contribution in [-0.4, -0.2) is 64.2 Å². The molecular weight excluding hydrogens is 346 g/mol. The molecule has 0 aromatic carbocycles. The van der Waals surface area contributed by atoms with Crippen LogP contribution in [0, 0.1) is 6.92 Å². The van der Waals surface area contributed by atoms with E-state index in [1.165, 1.54) is 6.33 Å². The Labute approximate surface area is 159 Å². The number of hydrogen-bond acceptors (Lipinski definition) is 7. The standard InChI is InChI=1S/C19H25N5O3/c1-14-22-11-17(12-27-8-7-26-2)18(23-14)15-3-5-24(6-4-15)19(25)16-9-20-13-21-10-16/h9-11,13,15H,3-8,12H2,1-2H3. The molecule has 0 bridgehead atoms. The van der Waals surface area contributed by atoms with Gasteiger partial charge in [-0.05, 0) is 19.8 Å². The third-order valence-electron chi connectivity index (χ3n) is 4.68. The van der Waals surface area contributed by atoms with Gasteiger partial charge in [-0.2, -0.15) is 0 Å². The number of carbonyl (C=O) groups is 1. The molecule has 0 spiro atoms. The van der Waals surface area contributed by atoms with Crippen LogP contribution in [0.1, 0.15) is 46.2 Å². The van der Waals surface area contributed by atoms with E-state index in [2.05, 4.69) is 19.9 Å². The highest BCUT2D eigenvalue weighted by Crippen LogP contribution is 2.29. The molecule has 1 fully saturated rings. The number of aromatic nitrogens is 4. The Bertz CT molecular complexity index is 748. The lowest BCUT2D eigenvalue weighted by Gasteiger charge is -2.32. The molecule has 144 valence electrons. The lowest BCUT2D eigenvalue weighted by molar-refractivity contribution is 0.0604. The highest BCUT2D eigenvalue weighted by Gasteiger charge is 2.27. The molecule has 8 heteroatoms. The SMILES string of the molecule is COCCOCc1cnc(C)nc1C1CCN(C(=O)c2cncnc2)CC1. The number of hydrogen-bond donors (Lipinski definition) is 0. The number of amides is 1. The average molecular weight is 371 g/mol. The van der Waals surface area contributed by atoms with Crippen LogP contribution in [0.25, 0.3) is 0 Å². The molecular formula is C19H25N5O3. The zero-order chi connectivity index (χ0) is 19.1. The molecule has 1 saturated heterocycles. The maximum atomic E-state index is 12.6. The van der Waals surface area contributed by atoms with E-state index in [0.717, 1.165) is 29.9 Å². The molecule has 0 unspecified atom stereocenters. The fourth-order valence-electron chi connectivity index (χ4n) is 3.25. The van der Waals surface area contributed by atoms with E-state index in [1.54, 1.807) is 19.5 Å². The number of piperidine rings is 1. The van der Waals surface area contributed by atoms with E-state index in [1.807, 2.05) is 18.0 Å². The van der Waals surface area contributed by atoms with E-state index in [4.69, 9.17) is 9.47 Å². The van der Waals surface area contributed by atoms with Crippen LogP contribution in [-0.2, 0) is 16.1 Å². The molecule has 3 heterocycles. The van der Waals surface area contributed by atoms with E-state index in [-0.39, 0.29) is 5.91 Å². The maximum Gasteiger partial charge on any atom is 0.256 e. The van der Waals surface area contributed by atoms with Crippen molar-refractivity contribution in [2.24, 2.45) is 0 Å². The Kier molecular flexibility index (Phi) is 6.78. The fraction of sp³-hybridized carbons (Fsp3) is 0.526. The summed E-state index contributed by atoms with van der Waals surface area (Å²) in [6, 6.07) is 0. The monoisotopic (exact) mass is 371 g/mol. The van der Waals surface area contributed by atoms with Crippen molar-refractivity contribution in [3.8, 4) is 0 Å². The molecule has 0 radical (unpaired) electrons. The summed E-state index contributed by atoms with van der Waals surface area (Å²) in [6.07, 6.45) is 8.12. The molecule has 0 atom stereocenters. The first kappa shape index (κ1) is 19.3. The van der Waals surface area contributed by atoms with Gasteiger partial charge in [0.1, 0.15) is 12.2 Å². The van der Waals surface area contributed by atoms with Gasteiger partial charge in [-0.15, -0.1) is 0 Å². The van der Waals surface area contributed by atoms with Crippen LogP contribution in [0.3, 0.4) is 0 Å². The second-order valence-corrected chi connectivity index (χ2v) is 6.57. The number of rotatable bonds is 7. The van der Waals surface area contributed by atoms with Gasteiger partial charge in [0, 0.05) is 50.3 Å². The van der Waals surface area contributed by atoms with Crippen molar-refractivity contribution in [3.05, 3.63) is 47.6 Å². The molecule has 8 nitrogen and oxygen atoms in total. The average Bonchev–Trinajstić information content (AvgIpc) is 2.72. The van der Waals surface area contributed by atoms with Crippen LogP contribution in [0.4, 0.5) is 0 Å². The van der Waals surface area contributed by atoms with Gasteiger partial charge in [-0.1, -0.05) is 0 Å². The van der Waals surface area contributed by atoms with Crippen molar-refractivity contribution in [3.63, 3.8) is 0 Å². The summed E-state index contributed by atoms with van der Waals surface area (Å²) in [5.74, 6) is 1.03. The van der Waals surface area contributed by atoms with Gasteiger partial charge in [-0.25, -0.2) is 19.9 Å². The smallest absolute Gasteiger partial charge is 0.256 e. The number of methoxy groups -OCH3 is 1. The third-order valence-corrected chi connectivity index (χ3v) is 4.68. The number of likely N-dealkylation sites (tertiary alicyclic amines) is 1. The zero-order valence-corrected chi connectivity index (χ0v) is 15.8. The van der Waals surface area contributed by atoms with Gasteiger partial charge in [0.25, 0.3) is 5.91 Å². The van der Waals surface area contributed by atoms with Gasteiger partial charge in [0.2, 0.25) is 0 Å². The predicted molar refractivity (Wildman–Crippen MR) is 98.2 cm³/mol. The van der Waals surface area contributed by atoms with E-state index >= 15 is 0 Å². The summed E-state index contributed by atoms with van der Waals surface area (Å²) in [5.41, 5.74) is 2.58. The minimum Gasteiger partial charge on any atom is -0.382 e. The molecule has 0 aliphatic carbocycles. The van der Waals surface area contributed by atoms with Crippen molar-refractivity contribution in [2.75, 3.05) is 33.4 Å². The Morgan fingerprint density at radius 1 is 1.19 bits per heavy atom. The summed E-state index contributed by atoms with van der Waals surface area (Å²) >= 11 is 0. The zero-order valence-electron chi connectivity index (χ0n) is 15.8. The largest absolute Gasteiger partial charge is 0.382 e. The van der Waals surface area contributed by atoms with Crippen LogP contribution in [0.5, 0.6) is 0 Å². The van der Waals surface area contributed by atoms with E-state index < -0.39 is 0 Å². The first-order valence-corrected chi connectivity index (χ1v) is 9.12. The van der Waals surface area contributed by atoms with Crippen LogP contribution >= 0.6 is 0 Å². The Balaban J connectivity index is 1.63. The molecule has 27 heavy (non-hydrogen) atoms. The number of aryl methyl sites for hydroxylation is 1. The topological polar surface area (TPSA) is 90.3 Å². The quantitative estimate of drug-likeness (QED) is 0.685. The van der Waals surface area contributed by atoms with Crippen molar-refractivity contribution in [2.45, 2.75) is 32.3 Å². The highest BCUT2D eigenvalue weighted by molar-refractivity contribution is 5.93. The third kappa shape index (κ3) is 5.05. The summed E-state index contributed by atoms with van der Waals surface area (Å²) < 4.78 is 10.7. The van der Waals surface area contributed by atoms with Gasteiger partial charge in [0.05, 0.1) is 31.1 Å². The minimum atomic E-state index is -0.0176. The molecule has 1 amide bonds. The Morgan fingerprint density at radius 3 is 2.63 bits per heavy atom. The summed E-state index contributed by atoms with van der Waals surface area (Å²) in [7, 11) is 1.65. The van der Waals surface area contributed by atoms with E-state index in [0.29, 0.717) is 44.4 Å². The second kappa shape index (κ2) is 9.48. The molecule has 2 aromatic rings. The van der Waals surface area contributed by atoms with Gasteiger partial charge < -0.3 is 14.4 Å². The molecule has 0 N–H and O–H groups in total. The van der Waals surface area contributed by atoms with Crippen LogP contribution in [0.15, 0.2) is 24.9 Å². The highest BCUT2D eigenvalue weighted by atomic mass is 16.5. The molecule has 2 aromatic heterocycles. The van der Waals surface area contributed by atoms with Crippen molar-refractivity contribution >= 4 is 5.91 Å². The van der Waals surface area contributed by atoms with Crippen molar-refractivity contribution in [1.82, 2.24) is 24.8 Å². The van der Waals surface area contributed by atoms with Crippen LogP contribution in [0.2, 0.25) is 0 Å². The van der Waals surface area contributed by atoms with Gasteiger partial charge in [-0.3, -0.25) is 4.79 Å². The first-order valence-electron chi connectivity index (χ1n) is 9.12. The summed E-state index contributed by atoms with van der Waals surface area (Å²) in [6.45, 7) is 4.84. The molecule has 3 rings (SSSR count). The first-order chi connectivity index (χ1) is 13.2. The van der Waals surface area contributed by atoms with Crippen molar-refractivity contribution in [1.29, 1.82) is 0 Å². The number of carbonyl (C=O) groups excluding carboxylic acids is 1. The minimum absolute atomic E-state index is 0.0176. The van der Waals surface area contributed by atoms with E-state index in [9.17, 15) is 4.79 Å². The Morgan fingerprint density at radius 2 is 1.93 bits per heavy atom. The molecule has 1 aliphatic heterocycles. The van der Waals surface area contributed by atoms with Crippen LogP contribution < -0.4 is 0 Å². The lowest BCUT2D eigenvalue weighted by Crippen LogP contribution is -2.38. The molecule has 0 saturated carbocycles. The Hall–Kier alpha value is -2.45. The summed E-state index contributed by atoms with van der Waals surface area (Å²) in [4.78, 5) is 31.3. The number of ether oxygens (including phenoxy) is 2. The van der Waals surface area contributed by atoms with Gasteiger partial charge >= 0.3 is 0 Å². The predicted octanol–water partition coefficient (Wildman–Crippen LogP) is 1.76. The van der Waals surface area contributed by atoms with Gasteiger partial charge in [0.15, 0.2) is 0 Å².